The number of nitrogens with zero attached hydrogens (tertiary/aromatic N) is 3. The minimum absolute atomic E-state index is 0.124. The molecule has 0 aliphatic carbocycles. The van der Waals surface area contributed by atoms with Crippen molar-refractivity contribution >= 4 is 6.03 Å². The first kappa shape index (κ1) is 17.5. The van der Waals surface area contributed by atoms with E-state index in [0.717, 1.165) is 52.1 Å². The summed E-state index contributed by atoms with van der Waals surface area (Å²) in [4.78, 5) is 19.5. The second-order valence-corrected chi connectivity index (χ2v) is 7.04. The van der Waals surface area contributed by atoms with Crippen LogP contribution in [0.15, 0.2) is 0 Å². The maximum absolute atomic E-state index is 12.5. The number of amides is 2. The van der Waals surface area contributed by atoms with E-state index in [-0.39, 0.29) is 6.03 Å². The van der Waals surface area contributed by atoms with Crippen molar-refractivity contribution in [1.82, 2.24) is 20.0 Å². The molecule has 2 fully saturated rings. The molecule has 0 unspecified atom stereocenters. The summed E-state index contributed by atoms with van der Waals surface area (Å²) in [7, 11) is 0. The predicted molar refractivity (Wildman–Crippen MR) is 91.2 cm³/mol. The maximum atomic E-state index is 12.5. The molecule has 2 amide bonds. The van der Waals surface area contributed by atoms with Crippen LogP contribution in [0.1, 0.15) is 47.0 Å². The molecule has 0 aromatic heterocycles. The second-order valence-electron chi connectivity index (χ2n) is 7.04. The van der Waals surface area contributed by atoms with E-state index in [1.54, 1.807) is 0 Å². The normalized spacial score (nSPS) is 29.4. The Bertz CT molecular complexity index is 345. The number of nitrogens with one attached hydrogen (secondary N) is 1. The number of rotatable bonds is 4. The topological polar surface area (TPSA) is 38.8 Å². The van der Waals surface area contributed by atoms with Crippen molar-refractivity contribution in [2.24, 2.45) is 0 Å². The summed E-state index contributed by atoms with van der Waals surface area (Å²) >= 11 is 0. The Labute approximate surface area is 136 Å². The van der Waals surface area contributed by atoms with Crippen LogP contribution in [0, 0.1) is 0 Å². The van der Waals surface area contributed by atoms with Crippen LogP contribution in [0.25, 0.3) is 0 Å². The van der Waals surface area contributed by atoms with Gasteiger partial charge >= 0.3 is 6.03 Å². The highest BCUT2D eigenvalue weighted by molar-refractivity contribution is 5.75. The zero-order valence-electron chi connectivity index (χ0n) is 14.8. The molecule has 0 aromatic carbocycles. The molecule has 2 saturated heterocycles. The smallest absolute Gasteiger partial charge is 0.317 e. The Kier molecular flexibility index (Phi) is 6.50. The molecular weight excluding hydrogens is 276 g/mol. The summed E-state index contributed by atoms with van der Waals surface area (Å²) in [5, 5.41) is 3.17. The quantitative estimate of drug-likeness (QED) is 0.863. The molecule has 0 radical (unpaired) electrons. The SMILES string of the molecule is CCN1CCN([C@H](C)CNC(=O)N2[C@@H](C)CCC[C@@H]2C)CC1. The molecule has 2 aliphatic heterocycles. The second kappa shape index (κ2) is 8.16. The van der Waals surface area contributed by atoms with Crippen molar-refractivity contribution < 1.29 is 4.79 Å². The molecule has 2 aliphatic rings. The van der Waals surface area contributed by atoms with Gasteiger partial charge in [0.2, 0.25) is 0 Å². The van der Waals surface area contributed by atoms with E-state index in [1.165, 1.54) is 6.42 Å². The molecule has 2 rings (SSSR count). The first-order chi connectivity index (χ1) is 10.5. The highest BCUT2D eigenvalue weighted by Gasteiger charge is 2.29. The van der Waals surface area contributed by atoms with Gasteiger partial charge in [0.05, 0.1) is 0 Å². The van der Waals surface area contributed by atoms with Crippen LogP contribution in [-0.2, 0) is 0 Å². The number of urea groups is 1. The van der Waals surface area contributed by atoms with Gasteiger partial charge in [0.15, 0.2) is 0 Å². The molecule has 0 bridgehead atoms. The minimum atomic E-state index is 0.124. The van der Waals surface area contributed by atoms with Crippen LogP contribution in [0.2, 0.25) is 0 Å². The maximum Gasteiger partial charge on any atom is 0.317 e. The van der Waals surface area contributed by atoms with Crippen LogP contribution in [0.4, 0.5) is 4.79 Å². The summed E-state index contributed by atoms with van der Waals surface area (Å²) in [6.07, 6.45) is 3.50. The average Bonchev–Trinajstić information content (AvgIpc) is 2.52. The summed E-state index contributed by atoms with van der Waals surface area (Å²) in [5.74, 6) is 0. The fourth-order valence-corrected chi connectivity index (χ4v) is 3.80. The van der Waals surface area contributed by atoms with E-state index in [9.17, 15) is 4.79 Å². The highest BCUT2D eigenvalue weighted by Crippen LogP contribution is 2.22. The fraction of sp³-hybridized carbons (Fsp3) is 0.941. The van der Waals surface area contributed by atoms with E-state index < -0.39 is 0 Å². The summed E-state index contributed by atoms with van der Waals surface area (Å²) in [6.45, 7) is 15.2. The van der Waals surface area contributed by atoms with E-state index >= 15 is 0 Å². The standard InChI is InChI=1S/C17H34N4O/c1-5-19-9-11-20(12-10-19)16(4)13-18-17(22)21-14(2)7-6-8-15(21)3/h14-16H,5-13H2,1-4H3,(H,18,22)/t14-,15-,16+/m0/s1. The van der Waals surface area contributed by atoms with E-state index in [4.69, 9.17) is 0 Å². The largest absolute Gasteiger partial charge is 0.336 e. The Morgan fingerprint density at radius 3 is 2.27 bits per heavy atom. The minimum Gasteiger partial charge on any atom is -0.336 e. The monoisotopic (exact) mass is 310 g/mol. The van der Waals surface area contributed by atoms with Crippen molar-refractivity contribution in [3.05, 3.63) is 0 Å². The number of carbonyl (C=O) groups is 1. The van der Waals surface area contributed by atoms with Gasteiger partial charge in [-0.3, -0.25) is 4.90 Å². The average molecular weight is 310 g/mol. The molecule has 5 nitrogen and oxygen atoms in total. The molecule has 22 heavy (non-hydrogen) atoms. The van der Waals surface area contributed by atoms with Gasteiger partial charge in [0.1, 0.15) is 0 Å². The van der Waals surface area contributed by atoms with Crippen LogP contribution in [-0.4, -0.2) is 78.1 Å². The predicted octanol–water partition coefficient (Wildman–Crippen LogP) is 1.98. The van der Waals surface area contributed by atoms with E-state index in [0.29, 0.717) is 18.1 Å². The number of piperidine rings is 1. The van der Waals surface area contributed by atoms with Gasteiger partial charge < -0.3 is 15.1 Å². The lowest BCUT2D eigenvalue weighted by Gasteiger charge is -2.40. The molecule has 0 spiro atoms. The van der Waals surface area contributed by atoms with Crippen LogP contribution in [0.3, 0.4) is 0 Å². The van der Waals surface area contributed by atoms with Gasteiger partial charge in [0.25, 0.3) is 0 Å². The number of hydrogen-bond donors (Lipinski definition) is 1. The third-order valence-corrected chi connectivity index (χ3v) is 5.45. The van der Waals surface area contributed by atoms with Crippen molar-refractivity contribution in [2.45, 2.75) is 65.1 Å². The Hall–Kier alpha value is -0.810. The van der Waals surface area contributed by atoms with Crippen LogP contribution >= 0.6 is 0 Å². The fourth-order valence-electron chi connectivity index (χ4n) is 3.80. The van der Waals surface area contributed by atoms with Crippen molar-refractivity contribution in [1.29, 1.82) is 0 Å². The molecular formula is C17H34N4O. The van der Waals surface area contributed by atoms with Crippen LogP contribution < -0.4 is 5.32 Å². The molecule has 128 valence electrons. The number of likely N-dealkylation sites (N-methyl/N-ethyl adjacent to an activating group) is 1. The van der Waals surface area contributed by atoms with Crippen molar-refractivity contribution in [3.63, 3.8) is 0 Å². The van der Waals surface area contributed by atoms with Gasteiger partial charge in [-0.05, 0) is 46.6 Å². The van der Waals surface area contributed by atoms with Gasteiger partial charge in [-0.25, -0.2) is 4.79 Å². The number of hydrogen-bond acceptors (Lipinski definition) is 3. The Morgan fingerprint density at radius 1 is 1.14 bits per heavy atom. The number of carbonyl (C=O) groups excluding carboxylic acids is 1. The summed E-state index contributed by atoms with van der Waals surface area (Å²) < 4.78 is 0. The van der Waals surface area contributed by atoms with Gasteiger partial charge in [-0.15, -0.1) is 0 Å². The highest BCUT2D eigenvalue weighted by atomic mass is 16.2. The lowest BCUT2D eigenvalue weighted by Crippen LogP contribution is -2.55. The molecule has 0 aromatic rings. The third kappa shape index (κ3) is 4.35. The van der Waals surface area contributed by atoms with Crippen molar-refractivity contribution in [3.8, 4) is 0 Å². The Balaban J connectivity index is 1.76. The zero-order valence-corrected chi connectivity index (χ0v) is 14.8. The van der Waals surface area contributed by atoms with E-state index in [1.807, 2.05) is 4.90 Å². The van der Waals surface area contributed by atoms with Gasteiger partial charge in [0, 0.05) is 50.8 Å². The summed E-state index contributed by atoms with van der Waals surface area (Å²) in [6, 6.07) is 1.27. The molecule has 3 atom stereocenters. The zero-order chi connectivity index (χ0) is 16.1. The third-order valence-electron chi connectivity index (χ3n) is 5.45. The van der Waals surface area contributed by atoms with Gasteiger partial charge in [-0.2, -0.15) is 0 Å². The first-order valence-corrected chi connectivity index (χ1v) is 9.05. The molecule has 2 heterocycles. The van der Waals surface area contributed by atoms with Crippen molar-refractivity contribution in [2.75, 3.05) is 39.3 Å². The number of likely N-dealkylation sites (tertiary alicyclic amines) is 1. The lowest BCUT2D eigenvalue weighted by atomic mass is 9.98. The van der Waals surface area contributed by atoms with Gasteiger partial charge in [-0.1, -0.05) is 6.92 Å². The van der Waals surface area contributed by atoms with E-state index in [2.05, 4.69) is 42.8 Å². The molecule has 5 heteroatoms. The van der Waals surface area contributed by atoms with Crippen LogP contribution in [0.5, 0.6) is 0 Å². The molecule has 0 saturated carbocycles. The summed E-state index contributed by atoms with van der Waals surface area (Å²) in [5.41, 5.74) is 0. The molecule has 1 N–H and O–H groups in total. The number of piperazine rings is 1. The lowest BCUT2D eigenvalue weighted by molar-refractivity contribution is 0.0988. The Morgan fingerprint density at radius 2 is 1.73 bits per heavy atom. The first-order valence-electron chi connectivity index (χ1n) is 9.05.